The molecule has 0 saturated heterocycles. The minimum atomic E-state index is 0.0417. The Morgan fingerprint density at radius 1 is 0.717 bits per heavy atom. The highest BCUT2D eigenvalue weighted by Gasteiger charge is 2.47. The molecule has 8 aliphatic carbocycles. The SMILES string of the molecule is N#CC1=CCCC=C1C1CCC=CC1C1CCCCC1C1CCCCC1C1=CC(N2C3=C(CC(C#N)CC3)C3C=CC=CC32)NC(n2c3c(c4c2CCC=C4)CCC=C3)=C1. The second-order valence-electron chi connectivity index (χ2n) is 19.8. The maximum atomic E-state index is 10.3. The maximum Gasteiger partial charge on any atom is 0.120 e. The van der Waals surface area contributed by atoms with Gasteiger partial charge in [-0.1, -0.05) is 92.5 Å². The Balaban J connectivity index is 1.01. The first-order chi connectivity index (χ1) is 29.7. The van der Waals surface area contributed by atoms with Crippen molar-refractivity contribution in [1.29, 1.82) is 10.5 Å². The van der Waals surface area contributed by atoms with Crippen molar-refractivity contribution in [1.82, 2.24) is 14.8 Å². The Labute approximate surface area is 359 Å². The predicted molar refractivity (Wildman–Crippen MR) is 243 cm³/mol. The smallest absolute Gasteiger partial charge is 0.120 e. The molecule has 5 heteroatoms. The van der Waals surface area contributed by atoms with Crippen molar-refractivity contribution in [2.45, 2.75) is 134 Å². The second-order valence-corrected chi connectivity index (χ2v) is 19.8. The summed E-state index contributed by atoms with van der Waals surface area (Å²) in [5.74, 6) is 5.26. The summed E-state index contributed by atoms with van der Waals surface area (Å²) < 4.78 is 2.66. The molecule has 1 N–H and O–H groups in total. The average molecular weight is 794 g/mol. The van der Waals surface area contributed by atoms with E-state index in [0.717, 1.165) is 69.8 Å². The van der Waals surface area contributed by atoms with Crippen LogP contribution in [0.1, 0.15) is 132 Å². The molecule has 2 saturated carbocycles. The summed E-state index contributed by atoms with van der Waals surface area (Å²) in [6, 6.07) is 5.56. The molecule has 10 atom stereocenters. The first-order valence-corrected chi connectivity index (χ1v) is 24.2. The fraction of sp³-hybridized carbons (Fsp3) is 0.527. The lowest BCUT2D eigenvalue weighted by Gasteiger charge is -2.49. The van der Waals surface area contributed by atoms with E-state index in [4.69, 9.17) is 0 Å². The highest BCUT2D eigenvalue weighted by Crippen LogP contribution is 2.54. The zero-order valence-electron chi connectivity index (χ0n) is 35.6. The summed E-state index contributed by atoms with van der Waals surface area (Å²) in [6.45, 7) is 0. The lowest BCUT2D eigenvalue weighted by molar-refractivity contribution is 0.0592. The normalized spacial score (nSPS) is 35.5. The predicted octanol–water partition coefficient (Wildman–Crippen LogP) is 12.4. The van der Waals surface area contributed by atoms with Crippen molar-refractivity contribution in [3.05, 3.63) is 123 Å². The number of nitrogens with one attached hydrogen (secondary N) is 1. The lowest BCUT2D eigenvalue weighted by Crippen LogP contribution is -2.50. The first kappa shape index (κ1) is 38.2. The van der Waals surface area contributed by atoms with Gasteiger partial charge in [0.15, 0.2) is 0 Å². The Morgan fingerprint density at radius 3 is 2.43 bits per heavy atom. The van der Waals surface area contributed by atoms with Crippen LogP contribution in [0.15, 0.2) is 101 Å². The van der Waals surface area contributed by atoms with Crippen LogP contribution in [0.2, 0.25) is 0 Å². The van der Waals surface area contributed by atoms with Crippen molar-refractivity contribution >= 4 is 18.0 Å². The van der Waals surface area contributed by atoms with E-state index in [1.807, 2.05) is 0 Å². The zero-order chi connectivity index (χ0) is 40.2. The highest BCUT2D eigenvalue weighted by molar-refractivity contribution is 5.73. The number of hydrogen-bond acceptors (Lipinski definition) is 4. The van der Waals surface area contributed by atoms with Crippen LogP contribution >= 0.6 is 0 Å². The Hall–Kier alpha value is -4.74. The molecular weight excluding hydrogens is 731 g/mol. The summed E-state index contributed by atoms with van der Waals surface area (Å²) in [7, 11) is 0. The molecule has 11 rings (SSSR count). The first-order valence-electron chi connectivity index (χ1n) is 24.2. The van der Waals surface area contributed by atoms with E-state index in [9.17, 15) is 10.5 Å². The van der Waals surface area contributed by atoms with Crippen molar-refractivity contribution < 1.29 is 0 Å². The van der Waals surface area contributed by atoms with E-state index in [0.29, 0.717) is 41.4 Å². The number of hydrogen-bond donors (Lipinski definition) is 1. The molecule has 1 aromatic heterocycles. The van der Waals surface area contributed by atoms with Gasteiger partial charge in [0.1, 0.15) is 12.0 Å². The molecule has 0 bridgehead atoms. The van der Waals surface area contributed by atoms with Crippen LogP contribution in [-0.2, 0) is 12.8 Å². The van der Waals surface area contributed by atoms with Gasteiger partial charge in [0.25, 0.3) is 0 Å². The molecule has 0 spiro atoms. The van der Waals surface area contributed by atoms with E-state index in [-0.39, 0.29) is 18.1 Å². The third kappa shape index (κ3) is 6.53. The van der Waals surface area contributed by atoms with Crippen LogP contribution in [0.3, 0.4) is 0 Å². The van der Waals surface area contributed by atoms with E-state index < -0.39 is 0 Å². The van der Waals surface area contributed by atoms with Gasteiger partial charge in [0.05, 0.1) is 35.4 Å². The van der Waals surface area contributed by atoms with Crippen molar-refractivity contribution in [3.8, 4) is 12.1 Å². The summed E-state index contributed by atoms with van der Waals surface area (Å²) in [6.07, 6.45) is 56.4. The van der Waals surface area contributed by atoms with E-state index in [1.165, 1.54) is 103 Å². The molecule has 0 aromatic carbocycles. The Bertz CT molecular complexity index is 2300. The Morgan fingerprint density at radius 2 is 1.53 bits per heavy atom. The van der Waals surface area contributed by atoms with Crippen molar-refractivity contribution in [2.24, 2.45) is 47.3 Å². The molecule has 1 aromatic rings. The summed E-state index contributed by atoms with van der Waals surface area (Å²) in [4.78, 5) is 2.77. The van der Waals surface area contributed by atoms with Crippen LogP contribution in [0, 0.1) is 70.0 Å². The molecular formula is C55H63N5. The maximum absolute atomic E-state index is 10.3. The molecule has 0 amide bonds. The molecule has 10 aliphatic rings. The summed E-state index contributed by atoms with van der Waals surface area (Å²) in [5, 5.41) is 24.6. The van der Waals surface area contributed by atoms with Gasteiger partial charge in [0, 0.05) is 17.3 Å². The van der Waals surface area contributed by atoms with Crippen LogP contribution in [0.25, 0.3) is 18.0 Å². The number of allylic oxidation sites excluding steroid dienone is 13. The van der Waals surface area contributed by atoms with Gasteiger partial charge in [-0.05, 0) is 178 Å². The minimum absolute atomic E-state index is 0.0417. The van der Waals surface area contributed by atoms with Crippen LogP contribution < -0.4 is 5.32 Å². The van der Waals surface area contributed by atoms with Gasteiger partial charge in [-0.2, -0.15) is 10.5 Å². The van der Waals surface area contributed by atoms with Gasteiger partial charge >= 0.3 is 0 Å². The second kappa shape index (κ2) is 16.3. The van der Waals surface area contributed by atoms with Gasteiger partial charge in [0.2, 0.25) is 0 Å². The standard InChI is InChI=1S/C55H63N5/c56-34-36-29-30-53-49(31-36)48-25-11-14-28-52(48)60(53)55-33-38(32-54(58-55)59-50-26-12-9-23-46(50)47-24-10-13-27-51(47)59)40-17-3-4-19-42(40)44-21-7-8-22-45(44)43-20-6-5-18-41(43)39-16-2-1-15-37(39)35-57/h6,9,11,13-16,20,23,25,27-28,32-33,36,40-45,48,52,55,58H,1-5,7-8,10,12,17-19,21-22,24,26,29-31H2. The topological polar surface area (TPSA) is 67.8 Å². The molecule has 2 fully saturated rings. The van der Waals surface area contributed by atoms with Crippen molar-refractivity contribution in [3.63, 3.8) is 0 Å². The molecule has 5 nitrogen and oxygen atoms in total. The molecule has 3 heterocycles. The summed E-state index contributed by atoms with van der Waals surface area (Å²) >= 11 is 0. The highest BCUT2D eigenvalue weighted by atomic mass is 15.3. The lowest BCUT2D eigenvalue weighted by atomic mass is 9.57. The van der Waals surface area contributed by atoms with E-state index in [2.05, 4.69) is 112 Å². The van der Waals surface area contributed by atoms with Gasteiger partial charge in [-0.15, -0.1) is 0 Å². The third-order valence-electron chi connectivity index (χ3n) is 16.8. The van der Waals surface area contributed by atoms with E-state index in [1.54, 1.807) is 5.57 Å². The van der Waals surface area contributed by atoms with Crippen molar-refractivity contribution in [2.75, 3.05) is 0 Å². The largest absolute Gasteiger partial charge is 0.348 e. The molecule has 308 valence electrons. The van der Waals surface area contributed by atoms with Gasteiger partial charge < -0.3 is 10.2 Å². The quantitative estimate of drug-likeness (QED) is 0.291. The van der Waals surface area contributed by atoms with Crippen LogP contribution in [0.4, 0.5) is 0 Å². The van der Waals surface area contributed by atoms with Gasteiger partial charge in [-0.25, -0.2) is 0 Å². The number of fused-ring (bicyclic) bond motifs is 5. The fourth-order valence-corrected chi connectivity index (χ4v) is 14.4. The molecule has 2 aliphatic heterocycles. The van der Waals surface area contributed by atoms with Crippen LogP contribution in [0.5, 0.6) is 0 Å². The molecule has 0 radical (unpaired) electrons. The minimum Gasteiger partial charge on any atom is -0.348 e. The number of rotatable bonds is 6. The number of nitrogens with zero attached hydrogens (tertiary/aromatic N) is 4. The summed E-state index contributed by atoms with van der Waals surface area (Å²) in [5.41, 5.74) is 12.8. The Kier molecular flexibility index (Phi) is 10.4. The fourth-order valence-electron chi connectivity index (χ4n) is 14.4. The van der Waals surface area contributed by atoms with Crippen LogP contribution in [-0.4, -0.2) is 21.7 Å². The number of dihydropyridines is 1. The molecule has 60 heavy (non-hydrogen) atoms. The van der Waals surface area contributed by atoms with Gasteiger partial charge in [-0.3, -0.25) is 4.57 Å². The monoisotopic (exact) mass is 794 g/mol. The number of aromatic nitrogens is 1. The third-order valence-corrected chi connectivity index (χ3v) is 16.8. The average Bonchev–Trinajstić information content (AvgIpc) is 3.84. The number of nitriles is 2. The zero-order valence-corrected chi connectivity index (χ0v) is 35.6. The van der Waals surface area contributed by atoms with E-state index >= 15 is 0 Å². The molecule has 10 unspecified atom stereocenters.